The van der Waals surface area contributed by atoms with Crippen LogP contribution in [-0.2, 0) is 0 Å². The molecule has 4 heteroatoms. The zero-order valence-corrected chi connectivity index (χ0v) is 30.4. The SMILES string of the molecule is c1ccc(-c2cccc(-c3cccc(-c4cnc(-n5c6ccccc6c6cc(-c7ccc8c(c7)c7ccccc7n8-c7ccccc7)ccc65)nc4)c3)c2)cc1. The molecule has 0 saturated carbocycles. The van der Waals surface area contributed by atoms with E-state index in [1.54, 1.807) is 0 Å². The van der Waals surface area contributed by atoms with E-state index in [1.165, 1.54) is 60.4 Å². The Morgan fingerprint density at radius 1 is 0.268 bits per heavy atom. The first kappa shape index (κ1) is 31.9. The van der Waals surface area contributed by atoms with E-state index in [2.05, 4.69) is 203 Å². The molecule has 3 heterocycles. The minimum atomic E-state index is 0.648. The molecule has 0 N–H and O–H groups in total. The van der Waals surface area contributed by atoms with Gasteiger partial charge in [0.25, 0.3) is 0 Å². The number of fused-ring (bicyclic) bond motifs is 6. The monoisotopic (exact) mass is 714 g/mol. The van der Waals surface area contributed by atoms with Crippen LogP contribution in [0, 0.1) is 0 Å². The van der Waals surface area contributed by atoms with Crippen LogP contribution < -0.4 is 0 Å². The summed E-state index contributed by atoms with van der Waals surface area (Å²) >= 11 is 0. The van der Waals surface area contributed by atoms with Crippen molar-refractivity contribution in [3.8, 4) is 56.1 Å². The highest BCUT2D eigenvalue weighted by atomic mass is 15.1. The lowest BCUT2D eigenvalue weighted by Crippen LogP contribution is -2.00. The largest absolute Gasteiger partial charge is 0.309 e. The van der Waals surface area contributed by atoms with Crippen LogP contribution in [0.5, 0.6) is 0 Å². The Balaban J connectivity index is 0.963. The summed E-state index contributed by atoms with van der Waals surface area (Å²) in [6.07, 6.45) is 3.88. The second-order valence-corrected chi connectivity index (χ2v) is 14.3. The van der Waals surface area contributed by atoms with Crippen molar-refractivity contribution in [2.75, 3.05) is 0 Å². The average molecular weight is 715 g/mol. The van der Waals surface area contributed by atoms with E-state index in [-0.39, 0.29) is 0 Å². The Morgan fingerprint density at radius 2 is 0.679 bits per heavy atom. The number of benzene rings is 8. The summed E-state index contributed by atoms with van der Waals surface area (Å²) in [5.41, 5.74) is 14.9. The van der Waals surface area contributed by atoms with Crippen molar-refractivity contribution in [2.45, 2.75) is 0 Å². The van der Waals surface area contributed by atoms with Crippen molar-refractivity contribution in [1.82, 2.24) is 19.1 Å². The van der Waals surface area contributed by atoms with Gasteiger partial charge in [-0.15, -0.1) is 0 Å². The number of aromatic nitrogens is 4. The van der Waals surface area contributed by atoms with Gasteiger partial charge in [0.2, 0.25) is 5.95 Å². The maximum absolute atomic E-state index is 4.97. The van der Waals surface area contributed by atoms with E-state index < -0.39 is 0 Å². The maximum atomic E-state index is 4.97. The van der Waals surface area contributed by atoms with Gasteiger partial charge >= 0.3 is 0 Å². The van der Waals surface area contributed by atoms with Gasteiger partial charge in [-0.3, -0.25) is 4.57 Å². The van der Waals surface area contributed by atoms with Gasteiger partial charge in [-0.1, -0.05) is 133 Å². The first-order chi connectivity index (χ1) is 27.8. The third-order valence-electron chi connectivity index (χ3n) is 11.0. The fraction of sp³-hybridized carbons (Fsp3) is 0. The lowest BCUT2D eigenvalue weighted by atomic mass is 9.97. The molecule has 0 atom stereocenters. The fourth-order valence-electron chi connectivity index (χ4n) is 8.35. The van der Waals surface area contributed by atoms with Gasteiger partial charge < -0.3 is 4.57 Å². The third-order valence-corrected chi connectivity index (χ3v) is 11.0. The summed E-state index contributed by atoms with van der Waals surface area (Å²) in [6, 6.07) is 69.3. The van der Waals surface area contributed by atoms with Crippen LogP contribution >= 0.6 is 0 Å². The van der Waals surface area contributed by atoms with Crippen LogP contribution in [0.4, 0.5) is 0 Å². The Kier molecular flexibility index (Phi) is 7.46. The second-order valence-electron chi connectivity index (χ2n) is 14.3. The predicted molar refractivity (Wildman–Crippen MR) is 232 cm³/mol. The highest BCUT2D eigenvalue weighted by Crippen LogP contribution is 2.38. The predicted octanol–water partition coefficient (Wildman–Crippen LogP) is 13.3. The van der Waals surface area contributed by atoms with E-state index in [0.29, 0.717) is 5.95 Å². The second kappa shape index (κ2) is 13.1. The fourth-order valence-corrected chi connectivity index (χ4v) is 8.35. The molecule has 56 heavy (non-hydrogen) atoms. The van der Waals surface area contributed by atoms with E-state index in [9.17, 15) is 0 Å². The van der Waals surface area contributed by atoms with Crippen molar-refractivity contribution >= 4 is 43.6 Å². The summed E-state index contributed by atoms with van der Waals surface area (Å²) in [5.74, 6) is 0.648. The van der Waals surface area contributed by atoms with Crippen molar-refractivity contribution in [2.24, 2.45) is 0 Å². The van der Waals surface area contributed by atoms with Gasteiger partial charge in [0.05, 0.1) is 22.1 Å². The molecule has 262 valence electrons. The molecule has 3 aromatic heterocycles. The molecule has 0 amide bonds. The van der Waals surface area contributed by atoms with E-state index in [1.807, 2.05) is 12.4 Å². The van der Waals surface area contributed by atoms with Gasteiger partial charge in [0, 0.05) is 45.2 Å². The minimum Gasteiger partial charge on any atom is -0.309 e. The molecule has 0 bridgehead atoms. The van der Waals surface area contributed by atoms with Crippen molar-refractivity contribution < 1.29 is 0 Å². The van der Waals surface area contributed by atoms with Crippen molar-refractivity contribution in [3.05, 3.63) is 207 Å². The Bertz CT molecular complexity index is 3230. The van der Waals surface area contributed by atoms with Crippen LogP contribution in [0.25, 0.3) is 99.8 Å². The summed E-state index contributed by atoms with van der Waals surface area (Å²) < 4.78 is 4.54. The molecular formula is C52H34N4. The lowest BCUT2D eigenvalue weighted by Gasteiger charge is -2.10. The standard InChI is InChI=1S/C52H34N4/c1-3-13-35(14-4-1)36-15-11-16-37(29-36)38-17-12-18-39(30-38)42-33-53-52(54-34-42)56-49-24-10-8-22-45(49)47-32-41(26-28-51(47)56)40-25-27-50-46(31-40)44-21-7-9-23-48(44)55(50)43-19-5-2-6-20-43/h1-34H. The average Bonchev–Trinajstić information content (AvgIpc) is 3.79. The summed E-state index contributed by atoms with van der Waals surface area (Å²) in [7, 11) is 0. The Hall–Kier alpha value is -7.56. The summed E-state index contributed by atoms with van der Waals surface area (Å²) in [4.78, 5) is 9.95. The normalized spacial score (nSPS) is 11.6. The summed E-state index contributed by atoms with van der Waals surface area (Å²) in [6.45, 7) is 0. The molecule has 0 unspecified atom stereocenters. The van der Waals surface area contributed by atoms with Gasteiger partial charge in [-0.05, 0) is 99.6 Å². The minimum absolute atomic E-state index is 0.648. The van der Waals surface area contributed by atoms with Crippen LogP contribution in [0.2, 0.25) is 0 Å². The van der Waals surface area contributed by atoms with Crippen LogP contribution in [0.1, 0.15) is 0 Å². The van der Waals surface area contributed by atoms with Crippen LogP contribution in [0.3, 0.4) is 0 Å². The quantitative estimate of drug-likeness (QED) is 0.172. The van der Waals surface area contributed by atoms with E-state index in [4.69, 9.17) is 9.97 Å². The molecule has 11 rings (SSSR count). The first-order valence-electron chi connectivity index (χ1n) is 19.0. The first-order valence-corrected chi connectivity index (χ1v) is 19.0. The Labute approximate surface area is 324 Å². The van der Waals surface area contributed by atoms with Gasteiger partial charge in [-0.2, -0.15) is 0 Å². The smallest absolute Gasteiger partial charge is 0.234 e. The maximum Gasteiger partial charge on any atom is 0.234 e. The molecule has 0 spiro atoms. The number of hydrogen-bond acceptors (Lipinski definition) is 2. The molecule has 0 saturated heterocycles. The molecule has 4 nitrogen and oxygen atoms in total. The number of para-hydroxylation sites is 3. The zero-order chi connectivity index (χ0) is 37.0. The Morgan fingerprint density at radius 3 is 1.27 bits per heavy atom. The van der Waals surface area contributed by atoms with Crippen molar-refractivity contribution in [3.63, 3.8) is 0 Å². The molecule has 0 radical (unpaired) electrons. The third kappa shape index (κ3) is 5.31. The van der Waals surface area contributed by atoms with Gasteiger partial charge in [0.1, 0.15) is 0 Å². The lowest BCUT2D eigenvalue weighted by molar-refractivity contribution is 0.990. The molecular weight excluding hydrogens is 681 g/mol. The zero-order valence-electron chi connectivity index (χ0n) is 30.4. The van der Waals surface area contributed by atoms with E-state index >= 15 is 0 Å². The van der Waals surface area contributed by atoms with E-state index in [0.717, 1.165) is 33.4 Å². The van der Waals surface area contributed by atoms with Gasteiger partial charge in [0.15, 0.2) is 0 Å². The number of hydrogen-bond donors (Lipinski definition) is 0. The summed E-state index contributed by atoms with van der Waals surface area (Å²) in [5, 5.41) is 4.83. The molecule has 0 aliphatic carbocycles. The molecule has 8 aromatic carbocycles. The molecule has 0 aliphatic rings. The van der Waals surface area contributed by atoms with Crippen molar-refractivity contribution in [1.29, 1.82) is 0 Å². The van der Waals surface area contributed by atoms with Gasteiger partial charge in [-0.25, -0.2) is 9.97 Å². The van der Waals surface area contributed by atoms with Crippen LogP contribution in [0.15, 0.2) is 207 Å². The highest BCUT2D eigenvalue weighted by Gasteiger charge is 2.17. The van der Waals surface area contributed by atoms with Crippen LogP contribution in [-0.4, -0.2) is 19.1 Å². The number of rotatable bonds is 6. The number of nitrogens with zero attached hydrogens (tertiary/aromatic N) is 4. The highest BCUT2D eigenvalue weighted by molar-refractivity contribution is 6.12. The topological polar surface area (TPSA) is 35.6 Å². The molecule has 0 fully saturated rings. The molecule has 0 aliphatic heterocycles. The molecule has 11 aromatic rings.